The number of carbonyl (C=O) groups is 1. The summed E-state index contributed by atoms with van der Waals surface area (Å²) in [6.45, 7) is 7.57. The van der Waals surface area contributed by atoms with Crippen LogP contribution in [0, 0.1) is 17.7 Å². The molecule has 0 atom stereocenters. The highest BCUT2D eigenvalue weighted by Gasteiger charge is 2.29. The second-order valence-electron chi connectivity index (χ2n) is 8.02. The van der Waals surface area contributed by atoms with Crippen molar-refractivity contribution in [2.45, 2.75) is 39.2 Å². The highest BCUT2D eigenvalue weighted by molar-refractivity contribution is 5.81. The van der Waals surface area contributed by atoms with Gasteiger partial charge in [-0.1, -0.05) is 18.2 Å². The number of halogens is 1. The molecule has 0 spiro atoms. The van der Waals surface area contributed by atoms with E-state index in [1.165, 1.54) is 6.07 Å². The fourth-order valence-electron chi connectivity index (χ4n) is 3.61. The molecule has 3 N–H and O–H groups in total. The van der Waals surface area contributed by atoms with Crippen LogP contribution in [-0.2, 0) is 11.3 Å². The number of guanidine groups is 1. The number of benzene rings is 1. The van der Waals surface area contributed by atoms with E-state index >= 15 is 0 Å². The lowest BCUT2D eigenvalue weighted by Crippen LogP contribution is -2.42. The van der Waals surface area contributed by atoms with Crippen molar-refractivity contribution >= 4 is 11.9 Å². The Labute approximate surface area is 173 Å². The second kappa shape index (κ2) is 11.1. The topological polar surface area (TPSA) is 68.8 Å². The smallest absolute Gasteiger partial charge is 0.223 e. The molecule has 2 aliphatic rings. The highest BCUT2D eigenvalue weighted by atomic mass is 19.1. The maximum Gasteiger partial charge on any atom is 0.223 e. The normalized spacial score (nSPS) is 18.5. The molecule has 0 aromatic heterocycles. The van der Waals surface area contributed by atoms with Gasteiger partial charge in [-0.3, -0.25) is 14.7 Å². The van der Waals surface area contributed by atoms with E-state index in [9.17, 15) is 9.18 Å². The van der Waals surface area contributed by atoms with Gasteiger partial charge in [0.25, 0.3) is 0 Å². The van der Waals surface area contributed by atoms with Crippen LogP contribution in [0.15, 0.2) is 29.3 Å². The molecule has 7 heteroatoms. The maximum absolute atomic E-state index is 13.8. The Hall–Kier alpha value is -2.15. The Kier molecular flexibility index (Phi) is 8.28. The molecule has 1 aromatic rings. The minimum Gasteiger partial charge on any atom is -0.357 e. The zero-order chi connectivity index (χ0) is 20.5. The number of hydrogen-bond donors (Lipinski definition) is 3. The lowest BCUT2D eigenvalue weighted by atomic mass is 9.96. The summed E-state index contributed by atoms with van der Waals surface area (Å²) in [5.74, 6) is 1.67. The van der Waals surface area contributed by atoms with Crippen molar-refractivity contribution in [3.05, 3.63) is 35.6 Å². The zero-order valence-electron chi connectivity index (χ0n) is 17.4. The van der Waals surface area contributed by atoms with E-state index < -0.39 is 0 Å². The van der Waals surface area contributed by atoms with Crippen molar-refractivity contribution < 1.29 is 9.18 Å². The molecule has 1 aromatic carbocycles. The number of nitrogens with one attached hydrogen (secondary N) is 3. The molecule has 3 rings (SSSR count). The van der Waals surface area contributed by atoms with E-state index in [1.807, 2.05) is 19.1 Å². The minimum absolute atomic E-state index is 0.117. The zero-order valence-corrected chi connectivity index (χ0v) is 17.4. The van der Waals surface area contributed by atoms with Gasteiger partial charge < -0.3 is 16.0 Å². The molecule has 1 amide bonds. The maximum atomic E-state index is 13.8. The van der Waals surface area contributed by atoms with Crippen LogP contribution in [0.3, 0.4) is 0 Å². The summed E-state index contributed by atoms with van der Waals surface area (Å²) in [4.78, 5) is 18.7. The number of rotatable bonds is 9. The minimum atomic E-state index is -0.117. The first kappa shape index (κ1) is 21.6. The molecule has 1 aliphatic heterocycles. The number of amides is 1. The van der Waals surface area contributed by atoms with Crippen LogP contribution >= 0.6 is 0 Å². The third-order valence-corrected chi connectivity index (χ3v) is 5.58. The average Bonchev–Trinajstić information content (AvgIpc) is 3.57. The van der Waals surface area contributed by atoms with E-state index in [0.717, 1.165) is 63.4 Å². The summed E-state index contributed by atoms with van der Waals surface area (Å²) in [6.07, 6.45) is 4.22. The predicted molar refractivity (Wildman–Crippen MR) is 114 cm³/mol. The summed E-state index contributed by atoms with van der Waals surface area (Å²) in [6, 6.07) is 7.03. The van der Waals surface area contributed by atoms with Gasteiger partial charge in [0, 0.05) is 44.2 Å². The number of nitrogens with zero attached hydrogens (tertiary/aromatic N) is 2. The van der Waals surface area contributed by atoms with Crippen LogP contribution in [0.5, 0.6) is 0 Å². The van der Waals surface area contributed by atoms with Crippen LogP contribution in [0.4, 0.5) is 4.39 Å². The van der Waals surface area contributed by atoms with Crippen molar-refractivity contribution in [1.29, 1.82) is 0 Å². The molecule has 0 radical (unpaired) electrons. The van der Waals surface area contributed by atoms with Crippen molar-refractivity contribution in [3.8, 4) is 0 Å². The average molecular weight is 404 g/mol. The summed E-state index contributed by atoms with van der Waals surface area (Å²) in [5.41, 5.74) is 0.774. The molecule has 1 saturated heterocycles. The Bertz CT molecular complexity index is 684. The number of aliphatic imine (C=N–C) groups is 1. The number of carbonyl (C=O) groups excluding carboxylic acids is 1. The molecule has 6 nitrogen and oxygen atoms in total. The van der Waals surface area contributed by atoms with Crippen molar-refractivity contribution in [1.82, 2.24) is 20.9 Å². The molecule has 2 fully saturated rings. The van der Waals surface area contributed by atoms with Gasteiger partial charge in [-0.2, -0.15) is 0 Å². The van der Waals surface area contributed by atoms with Gasteiger partial charge in [-0.15, -0.1) is 0 Å². The van der Waals surface area contributed by atoms with E-state index in [1.54, 1.807) is 6.07 Å². The lowest BCUT2D eigenvalue weighted by Gasteiger charge is -2.31. The first-order chi connectivity index (χ1) is 14.2. The Balaban J connectivity index is 1.36. The second-order valence-corrected chi connectivity index (χ2v) is 8.02. The summed E-state index contributed by atoms with van der Waals surface area (Å²) in [7, 11) is 0. The molecule has 29 heavy (non-hydrogen) atoms. The highest BCUT2D eigenvalue weighted by Crippen LogP contribution is 2.28. The fourth-order valence-corrected chi connectivity index (χ4v) is 3.61. The summed E-state index contributed by atoms with van der Waals surface area (Å²) >= 11 is 0. The van der Waals surface area contributed by atoms with Gasteiger partial charge in [0.05, 0.1) is 0 Å². The predicted octanol–water partition coefficient (Wildman–Crippen LogP) is 2.12. The molecule has 0 unspecified atom stereocenters. The molecule has 160 valence electrons. The Morgan fingerprint density at radius 2 is 1.83 bits per heavy atom. The molecule has 0 bridgehead atoms. The molecular formula is C22H34FN5O. The summed E-state index contributed by atoms with van der Waals surface area (Å²) in [5, 5.41) is 9.52. The van der Waals surface area contributed by atoms with Gasteiger partial charge in [0.1, 0.15) is 5.82 Å². The molecule has 1 aliphatic carbocycles. The number of hydrogen-bond acceptors (Lipinski definition) is 3. The van der Waals surface area contributed by atoms with Crippen molar-refractivity contribution in [2.75, 3.05) is 39.3 Å². The monoisotopic (exact) mass is 403 g/mol. The van der Waals surface area contributed by atoms with Crippen LogP contribution in [0.1, 0.15) is 38.2 Å². The van der Waals surface area contributed by atoms with Crippen LogP contribution in [0.25, 0.3) is 0 Å². The van der Waals surface area contributed by atoms with E-state index in [0.29, 0.717) is 25.6 Å². The number of piperidine rings is 1. The third-order valence-electron chi connectivity index (χ3n) is 5.58. The molecule has 1 saturated carbocycles. The first-order valence-electron chi connectivity index (χ1n) is 10.9. The van der Waals surface area contributed by atoms with Gasteiger partial charge in [0.2, 0.25) is 5.91 Å². The third kappa shape index (κ3) is 7.31. The van der Waals surface area contributed by atoms with E-state index in [2.05, 4.69) is 20.9 Å². The van der Waals surface area contributed by atoms with Crippen LogP contribution in [-0.4, -0.2) is 56.0 Å². The lowest BCUT2D eigenvalue weighted by molar-refractivity contribution is -0.122. The fraction of sp³-hybridized carbons (Fsp3) is 0.636. The van der Waals surface area contributed by atoms with Crippen molar-refractivity contribution in [3.63, 3.8) is 0 Å². The van der Waals surface area contributed by atoms with E-state index in [4.69, 9.17) is 4.99 Å². The van der Waals surface area contributed by atoms with Crippen molar-refractivity contribution in [2.24, 2.45) is 16.8 Å². The van der Waals surface area contributed by atoms with Gasteiger partial charge >= 0.3 is 0 Å². The van der Waals surface area contributed by atoms with Gasteiger partial charge in [0.15, 0.2) is 5.96 Å². The SMILES string of the molecule is CCNC(=NCC1CCN(Cc2ccccc2F)CC1)NCCNC(=O)C1CC1. The quantitative estimate of drug-likeness (QED) is 0.336. The van der Waals surface area contributed by atoms with E-state index in [-0.39, 0.29) is 17.6 Å². The van der Waals surface area contributed by atoms with Gasteiger partial charge in [-0.25, -0.2) is 4.39 Å². The molecule has 1 heterocycles. The van der Waals surface area contributed by atoms with Gasteiger partial charge in [-0.05, 0) is 57.7 Å². The Morgan fingerprint density at radius 3 is 2.52 bits per heavy atom. The first-order valence-corrected chi connectivity index (χ1v) is 10.9. The number of likely N-dealkylation sites (tertiary alicyclic amines) is 1. The summed E-state index contributed by atoms with van der Waals surface area (Å²) < 4.78 is 13.8. The standard InChI is InChI=1S/C22H34FN5O/c1-2-24-22(26-12-11-25-21(29)18-7-8-18)27-15-17-9-13-28(14-10-17)16-19-5-3-4-6-20(19)23/h3-6,17-18H,2,7-16H2,1H3,(H,25,29)(H2,24,26,27). The van der Waals surface area contributed by atoms with Crippen LogP contribution in [0.2, 0.25) is 0 Å². The van der Waals surface area contributed by atoms with Crippen LogP contribution < -0.4 is 16.0 Å². The largest absolute Gasteiger partial charge is 0.357 e. The molecular weight excluding hydrogens is 369 g/mol. The Morgan fingerprint density at radius 1 is 1.10 bits per heavy atom.